The molecular weight excluding hydrogens is 481 g/mol. The number of aliphatic hydroxyl groups excluding tert-OH is 1. The van der Waals surface area contributed by atoms with Gasteiger partial charge in [-0.25, -0.2) is 0 Å². The first kappa shape index (κ1) is 26.4. The molecule has 0 unspecified atom stereocenters. The predicted octanol–water partition coefficient (Wildman–Crippen LogP) is 3.91. The maximum atomic E-state index is 13.4. The molecule has 2 aliphatic heterocycles. The van der Waals surface area contributed by atoms with Crippen molar-refractivity contribution in [2.24, 2.45) is 17.8 Å². The van der Waals surface area contributed by atoms with Gasteiger partial charge in [0, 0.05) is 6.54 Å². The van der Waals surface area contributed by atoms with E-state index in [1.807, 2.05) is 49.4 Å². The van der Waals surface area contributed by atoms with E-state index in [1.54, 1.807) is 18.2 Å². The number of hydrogen-bond donors (Lipinski definition) is 3. The summed E-state index contributed by atoms with van der Waals surface area (Å²) < 4.78 is 6.04. The molecule has 38 heavy (non-hydrogen) atoms. The molecule has 2 amide bonds. The van der Waals surface area contributed by atoms with Gasteiger partial charge in [-0.15, -0.1) is 0 Å². The Labute approximate surface area is 223 Å². The summed E-state index contributed by atoms with van der Waals surface area (Å²) in [7, 11) is -1.05. The molecule has 2 saturated heterocycles. The molecule has 0 aromatic heterocycles. The highest BCUT2D eigenvalue weighted by Gasteiger charge is 2.56. The largest absolute Gasteiger partial charge is 0.508 e. The van der Waals surface area contributed by atoms with E-state index in [-0.39, 0.29) is 36.4 Å². The Kier molecular flexibility index (Phi) is 7.84. The molecule has 8 heteroatoms. The highest BCUT2D eigenvalue weighted by atomic mass is 16.5. The summed E-state index contributed by atoms with van der Waals surface area (Å²) in [6.07, 6.45) is 3.96. The molecule has 2 aromatic rings. The average molecular weight is 515 g/mol. The molecule has 4 atom stereocenters. The maximum Gasteiger partial charge on any atom is 0.455 e. The maximum absolute atomic E-state index is 13.4. The number of carbonyl (C=O) groups excluding carboxylic acids is 2. The van der Waals surface area contributed by atoms with Crippen LogP contribution in [0.5, 0.6) is 5.75 Å². The van der Waals surface area contributed by atoms with Gasteiger partial charge in [-0.2, -0.15) is 0 Å². The average Bonchev–Trinajstić information content (AvgIpc) is 3.15. The molecule has 0 bridgehead atoms. The summed E-state index contributed by atoms with van der Waals surface area (Å²) in [5.41, 5.74) is 4.58. The smallest absolute Gasteiger partial charge is 0.455 e. The Hall–Kier alpha value is -3.20. The topological polar surface area (TPSA) is 107 Å². The number of rotatable bonds is 8. The van der Waals surface area contributed by atoms with Crippen molar-refractivity contribution in [1.82, 2.24) is 4.90 Å². The van der Waals surface area contributed by atoms with Crippen molar-refractivity contribution in [3.05, 3.63) is 76.9 Å². The predicted molar refractivity (Wildman–Crippen MR) is 146 cm³/mol. The minimum Gasteiger partial charge on any atom is -0.508 e. The number of nitrogens with zero attached hydrogens (tertiary/aromatic N) is 1. The lowest BCUT2D eigenvalue weighted by atomic mass is 9.58. The molecule has 3 N–H and O–H groups in total. The summed E-state index contributed by atoms with van der Waals surface area (Å²) >= 11 is 0. The van der Waals surface area contributed by atoms with Crippen molar-refractivity contribution in [3.8, 4) is 5.75 Å². The lowest BCUT2D eigenvalue weighted by Gasteiger charge is -2.43. The minimum atomic E-state index is -1.05. The molecule has 0 spiro atoms. The van der Waals surface area contributed by atoms with E-state index in [9.17, 15) is 24.8 Å². The molecule has 5 rings (SSSR count). The van der Waals surface area contributed by atoms with E-state index >= 15 is 0 Å². The zero-order chi connectivity index (χ0) is 26.8. The fourth-order valence-corrected chi connectivity index (χ4v) is 6.47. The molecule has 3 aliphatic rings. The van der Waals surface area contributed by atoms with Gasteiger partial charge in [-0.1, -0.05) is 55.5 Å². The first-order valence-electron chi connectivity index (χ1n) is 13.5. The van der Waals surface area contributed by atoms with E-state index in [4.69, 9.17) is 4.65 Å². The van der Waals surface area contributed by atoms with Crippen LogP contribution in [-0.2, 0) is 14.2 Å². The fraction of sp³-hybridized carbons (Fsp3) is 0.400. The lowest BCUT2D eigenvalue weighted by molar-refractivity contribution is -0.140. The number of carbonyl (C=O) groups is 2. The second kappa shape index (κ2) is 11.3. The number of phenolic OH excluding ortho intramolecular Hbond substituents is 1. The van der Waals surface area contributed by atoms with Crippen LogP contribution in [0.4, 0.5) is 0 Å². The number of aromatic hydroxyl groups is 1. The van der Waals surface area contributed by atoms with Crippen LogP contribution >= 0.6 is 0 Å². The van der Waals surface area contributed by atoms with Gasteiger partial charge in [0.25, 0.3) is 0 Å². The number of aliphatic hydroxyl groups is 1. The molecule has 0 radical (unpaired) electrons. The zero-order valence-corrected chi connectivity index (χ0v) is 21.6. The number of benzene rings is 2. The number of amides is 2. The van der Waals surface area contributed by atoms with Crippen molar-refractivity contribution < 1.29 is 29.5 Å². The monoisotopic (exact) mass is 515 g/mol. The zero-order valence-electron chi connectivity index (χ0n) is 21.6. The molecule has 7 nitrogen and oxygen atoms in total. The lowest BCUT2D eigenvalue weighted by Crippen LogP contribution is -2.46. The van der Waals surface area contributed by atoms with Crippen LogP contribution < -0.4 is 0 Å². The van der Waals surface area contributed by atoms with E-state index in [0.29, 0.717) is 32.2 Å². The number of phenols is 1. The summed E-state index contributed by atoms with van der Waals surface area (Å²) in [5.74, 6) is -1.47. The molecule has 2 aromatic carbocycles. The van der Waals surface area contributed by atoms with Crippen molar-refractivity contribution in [2.45, 2.75) is 45.0 Å². The third-order valence-electron chi connectivity index (χ3n) is 8.07. The summed E-state index contributed by atoms with van der Waals surface area (Å²) in [5, 5.41) is 31.0. The van der Waals surface area contributed by atoms with Crippen molar-refractivity contribution in [1.29, 1.82) is 0 Å². The van der Waals surface area contributed by atoms with Crippen LogP contribution in [0.15, 0.2) is 65.7 Å². The second-order valence-electron chi connectivity index (χ2n) is 10.5. The van der Waals surface area contributed by atoms with E-state index in [2.05, 4.69) is 0 Å². The van der Waals surface area contributed by atoms with Crippen LogP contribution in [0.3, 0.4) is 0 Å². The number of allylic oxidation sites excluding steroid dienone is 1. The Morgan fingerprint density at radius 2 is 1.89 bits per heavy atom. The van der Waals surface area contributed by atoms with E-state index in [0.717, 1.165) is 27.8 Å². The number of imide groups is 1. The van der Waals surface area contributed by atoms with Crippen molar-refractivity contribution in [3.63, 3.8) is 0 Å². The summed E-state index contributed by atoms with van der Waals surface area (Å²) in [4.78, 5) is 27.8. The highest BCUT2D eigenvalue weighted by molar-refractivity contribution is 6.43. The molecule has 2 fully saturated rings. The van der Waals surface area contributed by atoms with Gasteiger partial charge in [0.1, 0.15) is 5.75 Å². The Bertz CT molecular complexity index is 1260. The fourth-order valence-electron chi connectivity index (χ4n) is 6.47. The van der Waals surface area contributed by atoms with Gasteiger partial charge in [-0.05, 0) is 77.9 Å². The SMILES string of the molecule is CCCN1C(=O)[C@@H]2[C@@H](CC(CO)=C3[C@@H](CC/C(=C/c4cccc(O)c4)c4ccccc4)OB(O)C[C@@H]32)C1=O. The summed E-state index contributed by atoms with van der Waals surface area (Å²) in [6.45, 7) is 2.13. The van der Waals surface area contributed by atoms with Gasteiger partial charge < -0.3 is 19.9 Å². The van der Waals surface area contributed by atoms with Gasteiger partial charge in [0.2, 0.25) is 11.8 Å². The summed E-state index contributed by atoms with van der Waals surface area (Å²) in [6, 6.07) is 17.0. The number of likely N-dealkylation sites (tertiary alicyclic amines) is 1. The second-order valence-corrected chi connectivity index (χ2v) is 10.5. The standard InChI is InChI=1S/C30H34BNO6/c1-2-13-32-29(35)24-16-22(18-33)27-25(28(24)30(32)36)17-31(37)38-26(27)12-11-21(20-8-4-3-5-9-20)14-19-7-6-10-23(34)15-19/h3-10,14-15,24-26,28,33-34,37H,2,11-13,16-18H2,1H3/b21-14-/t24-,25+,26-,28-/m1/s1. The third-order valence-corrected chi connectivity index (χ3v) is 8.07. The van der Waals surface area contributed by atoms with E-state index in [1.165, 1.54) is 4.90 Å². The first-order chi connectivity index (χ1) is 18.4. The van der Waals surface area contributed by atoms with Crippen LogP contribution in [-0.4, -0.2) is 58.3 Å². The Balaban J connectivity index is 1.45. The minimum absolute atomic E-state index is 0.162. The van der Waals surface area contributed by atoms with Gasteiger partial charge in [0.05, 0.1) is 24.5 Å². The van der Waals surface area contributed by atoms with Crippen LogP contribution in [0, 0.1) is 17.8 Å². The van der Waals surface area contributed by atoms with Gasteiger partial charge >= 0.3 is 7.12 Å². The number of hydrogen-bond acceptors (Lipinski definition) is 6. The molecule has 198 valence electrons. The van der Waals surface area contributed by atoms with Crippen molar-refractivity contribution >= 4 is 30.6 Å². The van der Waals surface area contributed by atoms with Gasteiger partial charge in [-0.3, -0.25) is 14.5 Å². The third kappa shape index (κ3) is 5.08. The Morgan fingerprint density at radius 1 is 1.11 bits per heavy atom. The first-order valence-corrected chi connectivity index (χ1v) is 13.5. The number of fused-ring (bicyclic) bond motifs is 3. The quantitative estimate of drug-likeness (QED) is 0.213. The van der Waals surface area contributed by atoms with Gasteiger partial charge in [0.15, 0.2) is 0 Å². The van der Waals surface area contributed by atoms with E-state index < -0.39 is 25.1 Å². The molecule has 2 heterocycles. The molecular formula is C30H34BNO6. The Morgan fingerprint density at radius 3 is 2.61 bits per heavy atom. The normalized spacial score (nSPS) is 25.6. The highest BCUT2D eigenvalue weighted by Crippen LogP contribution is 2.50. The van der Waals surface area contributed by atoms with Crippen LogP contribution in [0.2, 0.25) is 6.32 Å². The molecule has 1 aliphatic carbocycles. The molecule has 0 saturated carbocycles. The van der Waals surface area contributed by atoms with Crippen LogP contribution in [0.1, 0.15) is 43.7 Å². The van der Waals surface area contributed by atoms with Crippen LogP contribution in [0.25, 0.3) is 11.6 Å². The van der Waals surface area contributed by atoms with Crippen molar-refractivity contribution in [2.75, 3.05) is 13.2 Å².